The molecule has 0 radical (unpaired) electrons. The summed E-state index contributed by atoms with van der Waals surface area (Å²) in [6.45, 7) is 2.41. The zero-order valence-corrected chi connectivity index (χ0v) is 9.76. The molecule has 3 rings (SSSR count). The van der Waals surface area contributed by atoms with Crippen LogP contribution < -0.4 is 5.32 Å². The van der Waals surface area contributed by atoms with Gasteiger partial charge in [0.25, 0.3) is 0 Å². The molecule has 2 heterocycles. The van der Waals surface area contributed by atoms with Crippen molar-refractivity contribution in [1.82, 2.24) is 15.1 Å². The zero-order chi connectivity index (χ0) is 12.5. The molecule has 18 heavy (non-hydrogen) atoms. The molecule has 1 aromatic heterocycles. The number of carboxylic acids is 1. The molecule has 0 fully saturated rings. The van der Waals surface area contributed by atoms with Crippen molar-refractivity contribution in [3.8, 4) is 0 Å². The molecule has 0 spiro atoms. The van der Waals surface area contributed by atoms with E-state index in [1.807, 2.05) is 23.0 Å². The van der Waals surface area contributed by atoms with Crippen molar-refractivity contribution >= 4 is 5.97 Å². The number of aromatic carboxylic acids is 1. The van der Waals surface area contributed by atoms with Gasteiger partial charge in [-0.05, 0) is 17.7 Å². The minimum atomic E-state index is -0.897. The van der Waals surface area contributed by atoms with Crippen molar-refractivity contribution in [2.45, 2.75) is 19.6 Å². The predicted molar refractivity (Wildman–Crippen MR) is 65.3 cm³/mol. The molecule has 0 aliphatic carbocycles. The average Bonchev–Trinajstić information content (AvgIpc) is 2.95. The Morgan fingerprint density at radius 1 is 1.33 bits per heavy atom. The second-order valence-corrected chi connectivity index (χ2v) is 4.38. The molecule has 0 atom stereocenters. The molecule has 1 aromatic carbocycles. The summed E-state index contributed by atoms with van der Waals surface area (Å²) in [4.78, 5) is 10.8. The first kappa shape index (κ1) is 11.0. The van der Waals surface area contributed by atoms with E-state index in [4.69, 9.17) is 5.11 Å². The molecule has 0 saturated carbocycles. The number of benzene rings is 1. The normalized spacial score (nSPS) is 13.6. The number of carboxylic acid groups (broad SMARTS) is 1. The van der Waals surface area contributed by atoms with Gasteiger partial charge in [0.05, 0.1) is 24.0 Å². The Bertz CT molecular complexity index is 587. The van der Waals surface area contributed by atoms with Gasteiger partial charge in [-0.2, -0.15) is 5.10 Å². The predicted octanol–water partition coefficient (Wildman–Crippen LogP) is 1.23. The monoisotopic (exact) mass is 243 g/mol. The molecule has 92 valence electrons. The largest absolute Gasteiger partial charge is 0.478 e. The number of rotatable bonds is 3. The van der Waals surface area contributed by atoms with E-state index in [1.54, 1.807) is 12.1 Å². The van der Waals surface area contributed by atoms with E-state index >= 15 is 0 Å². The van der Waals surface area contributed by atoms with Crippen molar-refractivity contribution < 1.29 is 9.90 Å². The van der Waals surface area contributed by atoms with Crippen LogP contribution in [0, 0.1) is 0 Å². The van der Waals surface area contributed by atoms with E-state index in [9.17, 15) is 4.79 Å². The first-order valence-electron chi connectivity index (χ1n) is 5.80. The third kappa shape index (κ3) is 1.89. The summed E-state index contributed by atoms with van der Waals surface area (Å²) in [6.07, 6.45) is 1.89. The standard InChI is InChI=1S/C13H13N3O2/c17-13(18)10-3-1-9(2-4-10)8-16-12-7-14-5-11(12)6-15-16/h1-4,6,14H,5,7-8H2,(H,17,18). The summed E-state index contributed by atoms with van der Waals surface area (Å²) in [7, 11) is 0. The number of nitrogens with one attached hydrogen (secondary N) is 1. The van der Waals surface area contributed by atoms with Crippen LogP contribution in [0.4, 0.5) is 0 Å². The first-order chi connectivity index (χ1) is 8.74. The zero-order valence-electron chi connectivity index (χ0n) is 9.76. The SMILES string of the molecule is O=C(O)c1ccc(Cn2ncc3c2CNC3)cc1. The molecular weight excluding hydrogens is 230 g/mol. The Morgan fingerprint density at radius 3 is 2.83 bits per heavy atom. The maximum absolute atomic E-state index is 10.8. The van der Waals surface area contributed by atoms with Crippen molar-refractivity contribution in [3.63, 3.8) is 0 Å². The van der Waals surface area contributed by atoms with Crippen LogP contribution in [0.5, 0.6) is 0 Å². The van der Waals surface area contributed by atoms with Gasteiger partial charge in [0.1, 0.15) is 0 Å². The van der Waals surface area contributed by atoms with Crippen LogP contribution in [0.2, 0.25) is 0 Å². The second kappa shape index (κ2) is 4.27. The summed E-state index contributed by atoms with van der Waals surface area (Å²) in [5.41, 5.74) is 3.83. The van der Waals surface area contributed by atoms with E-state index < -0.39 is 5.97 Å². The van der Waals surface area contributed by atoms with Crippen LogP contribution in [0.25, 0.3) is 0 Å². The Balaban J connectivity index is 1.82. The van der Waals surface area contributed by atoms with E-state index in [-0.39, 0.29) is 0 Å². The highest BCUT2D eigenvalue weighted by atomic mass is 16.4. The van der Waals surface area contributed by atoms with Crippen LogP contribution in [0.1, 0.15) is 27.2 Å². The minimum Gasteiger partial charge on any atom is -0.478 e. The molecule has 5 nitrogen and oxygen atoms in total. The van der Waals surface area contributed by atoms with Crippen LogP contribution >= 0.6 is 0 Å². The van der Waals surface area contributed by atoms with E-state index in [0.29, 0.717) is 12.1 Å². The molecule has 2 aromatic rings. The number of carbonyl (C=O) groups is 1. The number of hydrogen-bond acceptors (Lipinski definition) is 3. The lowest BCUT2D eigenvalue weighted by atomic mass is 10.1. The quantitative estimate of drug-likeness (QED) is 0.851. The highest BCUT2D eigenvalue weighted by Gasteiger charge is 2.15. The summed E-state index contributed by atoms with van der Waals surface area (Å²) in [6, 6.07) is 6.92. The minimum absolute atomic E-state index is 0.311. The summed E-state index contributed by atoms with van der Waals surface area (Å²) < 4.78 is 1.96. The fourth-order valence-electron chi connectivity index (χ4n) is 2.18. The molecule has 1 aliphatic heterocycles. The lowest BCUT2D eigenvalue weighted by Crippen LogP contribution is -2.09. The summed E-state index contributed by atoms with van der Waals surface area (Å²) in [5.74, 6) is -0.897. The van der Waals surface area contributed by atoms with Gasteiger partial charge < -0.3 is 10.4 Å². The molecular formula is C13H13N3O2. The van der Waals surface area contributed by atoms with Gasteiger partial charge in [-0.3, -0.25) is 4.68 Å². The topological polar surface area (TPSA) is 67.1 Å². The lowest BCUT2D eigenvalue weighted by Gasteiger charge is -2.06. The third-order valence-corrected chi connectivity index (χ3v) is 3.18. The summed E-state index contributed by atoms with van der Waals surface area (Å²) in [5, 5.41) is 16.5. The number of nitrogens with zero attached hydrogens (tertiary/aromatic N) is 2. The Hall–Kier alpha value is -2.14. The molecule has 0 amide bonds. The van der Waals surface area contributed by atoms with Crippen LogP contribution in [0.3, 0.4) is 0 Å². The molecule has 1 aliphatic rings. The maximum Gasteiger partial charge on any atom is 0.335 e. The molecule has 0 unspecified atom stereocenters. The van der Waals surface area contributed by atoms with Gasteiger partial charge >= 0.3 is 5.97 Å². The van der Waals surface area contributed by atoms with Crippen LogP contribution in [0.15, 0.2) is 30.5 Å². The molecule has 0 saturated heterocycles. The van der Waals surface area contributed by atoms with E-state index in [2.05, 4.69) is 10.4 Å². The van der Waals surface area contributed by atoms with Gasteiger partial charge in [0.2, 0.25) is 0 Å². The number of aromatic nitrogens is 2. The lowest BCUT2D eigenvalue weighted by molar-refractivity contribution is 0.0697. The number of hydrogen-bond donors (Lipinski definition) is 2. The van der Waals surface area contributed by atoms with Crippen molar-refractivity contribution in [2.75, 3.05) is 0 Å². The van der Waals surface area contributed by atoms with Crippen molar-refractivity contribution in [1.29, 1.82) is 0 Å². The average molecular weight is 243 g/mol. The summed E-state index contributed by atoms with van der Waals surface area (Å²) >= 11 is 0. The van der Waals surface area contributed by atoms with Crippen molar-refractivity contribution in [3.05, 3.63) is 52.8 Å². The Labute approximate surface area is 104 Å². The van der Waals surface area contributed by atoms with Crippen molar-refractivity contribution in [2.24, 2.45) is 0 Å². The van der Waals surface area contributed by atoms with Gasteiger partial charge in [0.15, 0.2) is 0 Å². The van der Waals surface area contributed by atoms with Gasteiger partial charge in [-0.25, -0.2) is 4.79 Å². The van der Waals surface area contributed by atoms with Crippen LogP contribution in [-0.4, -0.2) is 20.9 Å². The fraction of sp³-hybridized carbons (Fsp3) is 0.231. The second-order valence-electron chi connectivity index (χ2n) is 4.38. The molecule has 0 bridgehead atoms. The number of fused-ring (bicyclic) bond motifs is 1. The fourth-order valence-corrected chi connectivity index (χ4v) is 2.18. The maximum atomic E-state index is 10.8. The van der Waals surface area contributed by atoms with Gasteiger partial charge in [-0.15, -0.1) is 0 Å². The van der Waals surface area contributed by atoms with Crippen LogP contribution in [-0.2, 0) is 19.6 Å². The van der Waals surface area contributed by atoms with E-state index in [1.165, 1.54) is 11.3 Å². The Kier molecular flexibility index (Phi) is 2.60. The Morgan fingerprint density at radius 2 is 2.11 bits per heavy atom. The molecule has 2 N–H and O–H groups in total. The highest BCUT2D eigenvalue weighted by Crippen LogP contribution is 2.16. The van der Waals surface area contributed by atoms with Gasteiger partial charge in [0, 0.05) is 18.7 Å². The van der Waals surface area contributed by atoms with E-state index in [0.717, 1.165) is 18.7 Å². The third-order valence-electron chi connectivity index (χ3n) is 3.18. The molecule has 5 heteroatoms. The van der Waals surface area contributed by atoms with Gasteiger partial charge in [-0.1, -0.05) is 12.1 Å². The first-order valence-corrected chi connectivity index (χ1v) is 5.80. The highest BCUT2D eigenvalue weighted by molar-refractivity contribution is 5.87. The smallest absolute Gasteiger partial charge is 0.335 e.